The van der Waals surface area contributed by atoms with Crippen molar-refractivity contribution in [2.24, 2.45) is 13.0 Å². The molecule has 3 aromatic heterocycles. The van der Waals surface area contributed by atoms with Gasteiger partial charge in [0, 0.05) is 30.9 Å². The predicted molar refractivity (Wildman–Crippen MR) is 99.1 cm³/mol. The average Bonchev–Trinajstić information content (AvgIpc) is 3.21. The second-order valence-corrected chi connectivity index (χ2v) is 6.63. The quantitative estimate of drug-likeness (QED) is 0.521. The molecule has 0 amide bonds. The molecule has 1 aliphatic rings. The highest BCUT2D eigenvalue weighted by Gasteiger charge is 2.21. The molecule has 1 saturated carbocycles. The summed E-state index contributed by atoms with van der Waals surface area (Å²) in [6.45, 7) is 0.970. The Balaban J connectivity index is 1.48. The smallest absolute Gasteiger partial charge is 0.231 e. The number of rotatable bonds is 5. The van der Waals surface area contributed by atoms with Gasteiger partial charge in [-0.2, -0.15) is 15.1 Å². The molecule has 3 N–H and O–H groups in total. The van der Waals surface area contributed by atoms with Gasteiger partial charge in [0.05, 0.1) is 17.1 Å². The van der Waals surface area contributed by atoms with Crippen LogP contribution in [0.25, 0.3) is 21.9 Å². The summed E-state index contributed by atoms with van der Waals surface area (Å²) in [5.74, 6) is 2.24. The Kier molecular flexibility index (Phi) is 3.12. The molecule has 1 aliphatic carbocycles. The van der Waals surface area contributed by atoms with E-state index < -0.39 is 0 Å². The zero-order chi connectivity index (χ0) is 16.8. The Morgan fingerprint density at radius 3 is 3.04 bits per heavy atom. The normalized spacial score (nSPS) is 14.3. The number of aryl methyl sites for hydroxylation is 1. The van der Waals surface area contributed by atoms with Crippen LogP contribution in [0, 0.1) is 5.92 Å². The van der Waals surface area contributed by atoms with Gasteiger partial charge in [0.15, 0.2) is 0 Å². The zero-order valence-electron chi connectivity index (χ0n) is 14.0. The van der Waals surface area contributed by atoms with Crippen LogP contribution in [0.15, 0.2) is 36.7 Å². The van der Waals surface area contributed by atoms with E-state index in [-0.39, 0.29) is 0 Å². The van der Waals surface area contributed by atoms with Gasteiger partial charge in [-0.15, -0.1) is 0 Å². The fourth-order valence-electron chi connectivity index (χ4n) is 3.05. The van der Waals surface area contributed by atoms with E-state index in [2.05, 4.69) is 36.8 Å². The molecule has 0 aliphatic heterocycles. The minimum Gasteiger partial charge on any atom is -0.369 e. The lowest BCUT2D eigenvalue weighted by molar-refractivity contribution is 0.797. The van der Waals surface area contributed by atoms with Crippen LogP contribution in [0.5, 0.6) is 0 Å². The summed E-state index contributed by atoms with van der Waals surface area (Å²) in [6, 6.07) is 8.13. The first-order valence-electron chi connectivity index (χ1n) is 8.54. The van der Waals surface area contributed by atoms with E-state index in [9.17, 15) is 0 Å². The number of nitrogens with one attached hydrogen (secondary N) is 3. The monoisotopic (exact) mass is 333 g/mol. The third kappa shape index (κ3) is 2.67. The Labute approximate surface area is 144 Å². The van der Waals surface area contributed by atoms with E-state index >= 15 is 0 Å². The summed E-state index contributed by atoms with van der Waals surface area (Å²) >= 11 is 0. The van der Waals surface area contributed by atoms with Crippen molar-refractivity contribution in [3.8, 4) is 0 Å². The molecule has 0 saturated heterocycles. The fourth-order valence-corrected chi connectivity index (χ4v) is 3.05. The minimum atomic E-state index is 0.578. The van der Waals surface area contributed by atoms with Crippen LogP contribution in [-0.4, -0.2) is 31.3 Å². The van der Waals surface area contributed by atoms with Crippen LogP contribution in [0.4, 0.5) is 17.5 Å². The van der Waals surface area contributed by atoms with Gasteiger partial charge in [-0.25, -0.2) is 0 Å². The van der Waals surface area contributed by atoms with E-state index in [1.165, 1.54) is 12.8 Å². The highest BCUT2D eigenvalue weighted by atomic mass is 15.2. The summed E-state index contributed by atoms with van der Waals surface area (Å²) in [6.07, 6.45) is 6.38. The summed E-state index contributed by atoms with van der Waals surface area (Å²) in [5, 5.41) is 13.2. The minimum absolute atomic E-state index is 0.578. The van der Waals surface area contributed by atoms with Gasteiger partial charge in [0.1, 0.15) is 11.5 Å². The maximum Gasteiger partial charge on any atom is 0.231 e. The third-order valence-corrected chi connectivity index (χ3v) is 4.68. The van der Waals surface area contributed by atoms with Crippen molar-refractivity contribution in [1.82, 2.24) is 24.7 Å². The molecule has 7 nitrogen and oxygen atoms in total. The van der Waals surface area contributed by atoms with Crippen LogP contribution < -0.4 is 10.6 Å². The van der Waals surface area contributed by atoms with Gasteiger partial charge in [-0.3, -0.25) is 4.68 Å². The predicted octanol–water partition coefficient (Wildman–Crippen LogP) is 3.41. The Morgan fingerprint density at radius 2 is 2.16 bits per heavy atom. The summed E-state index contributed by atoms with van der Waals surface area (Å²) in [7, 11) is 1.94. The summed E-state index contributed by atoms with van der Waals surface area (Å²) < 4.78 is 1.86. The van der Waals surface area contributed by atoms with Crippen molar-refractivity contribution in [3.05, 3.63) is 36.7 Å². The maximum absolute atomic E-state index is 4.68. The van der Waals surface area contributed by atoms with Crippen LogP contribution in [0.3, 0.4) is 0 Å². The lowest BCUT2D eigenvalue weighted by atomic mass is 10.2. The van der Waals surface area contributed by atoms with Crippen molar-refractivity contribution >= 4 is 39.4 Å². The Bertz CT molecular complexity index is 1060. The number of hydrogen-bond donors (Lipinski definition) is 3. The van der Waals surface area contributed by atoms with Crippen LogP contribution in [-0.2, 0) is 7.05 Å². The molecular formula is C18H19N7. The molecule has 0 spiro atoms. The lowest BCUT2D eigenvalue weighted by Crippen LogP contribution is -2.07. The molecule has 0 unspecified atom stereocenters. The van der Waals surface area contributed by atoms with Crippen molar-refractivity contribution in [3.63, 3.8) is 0 Å². The highest BCUT2D eigenvalue weighted by Crippen LogP contribution is 2.30. The number of nitrogens with zero attached hydrogens (tertiary/aromatic N) is 4. The molecule has 4 aromatic rings. The van der Waals surface area contributed by atoms with Crippen molar-refractivity contribution < 1.29 is 0 Å². The van der Waals surface area contributed by atoms with Gasteiger partial charge < -0.3 is 15.6 Å². The standard InChI is InChI=1S/C18H19N7/c1-25-15-8-13(5-4-12(15)10-21-25)22-18-23-16-14(6-7-19-16)17(24-18)20-9-11-2-3-11/h4-8,10-11H,2-3,9H2,1H3,(H3,19,20,22,23,24). The molecule has 25 heavy (non-hydrogen) atoms. The third-order valence-electron chi connectivity index (χ3n) is 4.68. The molecule has 5 rings (SSSR count). The second-order valence-electron chi connectivity index (χ2n) is 6.63. The van der Waals surface area contributed by atoms with E-state index in [0.29, 0.717) is 5.95 Å². The first kappa shape index (κ1) is 14.3. The molecule has 3 heterocycles. The first-order chi connectivity index (χ1) is 12.3. The molecule has 0 atom stereocenters. The topological polar surface area (TPSA) is 83.5 Å². The van der Waals surface area contributed by atoms with E-state index in [4.69, 9.17) is 0 Å². The average molecular weight is 333 g/mol. The van der Waals surface area contributed by atoms with E-state index in [0.717, 1.165) is 45.9 Å². The maximum atomic E-state index is 4.68. The molecule has 7 heteroatoms. The number of benzene rings is 1. The molecule has 1 aromatic carbocycles. The molecule has 1 fully saturated rings. The van der Waals surface area contributed by atoms with E-state index in [1.807, 2.05) is 42.3 Å². The number of hydrogen-bond acceptors (Lipinski definition) is 5. The number of aromatic nitrogens is 5. The Hall–Kier alpha value is -3.09. The lowest BCUT2D eigenvalue weighted by Gasteiger charge is -2.10. The van der Waals surface area contributed by atoms with Gasteiger partial charge in [-0.05, 0) is 43.0 Å². The number of H-pyrrole nitrogens is 1. The molecule has 0 radical (unpaired) electrons. The van der Waals surface area contributed by atoms with Crippen LogP contribution in [0.2, 0.25) is 0 Å². The number of anilines is 3. The Morgan fingerprint density at radius 1 is 1.24 bits per heavy atom. The SMILES string of the molecule is Cn1ncc2ccc(Nc3nc(NCC4CC4)c4cc[nH]c4n3)cc21. The summed E-state index contributed by atoms with van der Waals surface area (Å²) in [5.41, 5.74) is 2.84. The largest absolute Gasteiger partial charge is 0.369 e. The number of fused-ring (bicyclic) bond motifs is 2. The van der Waals surface area contributed by atoms with Crippen LogP contribution in [0.1, 0.15) is 12.8 Å². The highest BCUT2D eigenvalue weighted by molar-refractivity contribution is 5.89. The number of aromatic amines is 1. The second kappa shape index (κ2) is 5.47. The molecular weight excluding hydrogens is 314 g/mol. The van der Waals surface area contributed by atoms with Gasteiger partial charge >= 0.3 is 0 Å². The van der Waals surface area contributed by atoms with Crippen molar-refractivity contribution in [1.29, 1.82) is 0 Å². The van der Waals surface area contributed by atoms with Crippen LogP contribution >= 0.6 is 0 Å². The zero-order valence-corrected chi connectivity index (χ0v) is 14.0. The molecule has 0 bridgehead atoms. The van der Waals surface area contributed by atoms with Crippen molar-refractivity contribution in [2.75, 3.05) is 17.2 Å². The van der Waals surface area contributed by atoms with Crippen molar-refractivity contribution in [2.45, 2.75) is 12.8 Å². The van der Waals surface area contributed by atoms with Gasteiger partial charge in [0.25, 0.3) is 0 Å². The first-order valence-corrected chi connectivity index (χ1v) is 8.54. The van der Waals surface area contributed by atoms with Gasteiger partial charge in [-0.1, -0.05) is 0 Å². The van der Waals surface area contributed by atoms with Gasteiger partial charge in [0.2, 0.25) is 5.95 Å². The summed E-state index contributed by atoms with van der Waals surface area (Å²) in [4.78, 5) is 12.4. The fraction of sp³-hybridized carbons (Fsp3) is 0.278. The van der Waals surface area contributed by atoms with E-state index in [1.54, 1.807) is 0 Å². The molecule has 126 valence electrons.